The highest BCUT2D eigenvalue weighted by Gasteiger charge is 2.90. The Morgan fingerprint density at radius 1 is 0.523 bits per heavy atom. The van der Waals surface area contributed by atoms with E-state index in [-0.39, 0.29) is 0 Å². The molecular weight excluding hydrogens is 663 g/mol. The maximum atomic E-state index is 14.0. The van der Waals surface area contributed by atoms with Crippen LogP contribution in [0.3, 0.4) is 0 Å². The van der Waals surface area contributed by atoms with Crippen molar-refractivity contribution < 1.29 is 112 Å². The lowest BCUT2D eigenvalue weighted by Crippen LogP contribution is -2.70. The van der Waals surface area contributed by atoms with Gasteiger partial charge in [-0.1, -0.05) is 0 Å². The Labute approximate surface area is 236 Å². The molecule has 0 aliphatic carbocycles. The normalized spacial score (nSPS) is 35.2. The summed E-state index contributed by atoms with van der Waals surface area (Å²) in [7, 11) is 0. The van der Waals surface area contributed by atoms with Gasteiger partial charge in [-0.2, -0.15) is 57.1 Å². The Morgan fingerprint density at radius 2 is 0.977 bits per heavy atom. The zero-order valence-electron chi connectivity index (χ0n) is 21.3. The van der Waals surface area contributed by atoms with Crippen LogP contribution < -0.4 is 0 Å². The van der Waals surface area contributed by atoms with Crippen molar-refractivity contribution in [3.05, 3.63) is 0 Å². The third kappa shape index (κ3) is 6.57. The van der Waals surface area contributed by atoms with E-state index in [0.717, 1.165) is 0 Å². The SMILES string of the molecule is OC[C@H]1O[C@H](O[C@H]2[C@H](O)[C@@H](O)[C@@H](OCCC(F)(F)C(F)(F)C(F)(F)C(F)(F)C(F)(F)C(F)(F)F)O[C@@H]2CO)[C@H](O)[C@@H](O)[C@@H]1O. The predicted molar refractivity (Wildman–Crippen MR) is 108 cm³/mol. The molecule has 2 aliphatic heterocycles. The Balaban J connectivity index is 2.14. The van der Waals surface area contributed by atoms with Crippen molar-refractivity contribution >= 4 is 0 Å². The molecule has 0 aromatic rings. The molecule has 2 saturated heterocycles. The van der Waals surface area contributed by atoms with Crippen molar-refractivity contribution in [1.82, 2.24) is 0 Å². The summed E-state index contributed by atoms with van der Waals surface area (Å²) >= 11 is 0. The van der Waals surface area contributed by atoms with Crippen molar-refractivity contribution in [3.8, 4) is 0 Å². The molecule has 0 saturated carbocycles. The summed E-state index contributed by atoms with van der Waals surface area (Å²) in [6.45, 7) is -4.19. The van der Waals surface area contributed by atoms with Gasteiger partial charge in [0.05, 0.1) is 19.8 Å². The van der Waals surface area contributed by atoms with Gasteiger partial charge in [0.1, 0.15) is 48.8 Å². The summed E-state index contributed by atoms with van der Waals surface area (Å²) in [6.07, 6.45) is -31.1. The van der Waals surface area contributed by atoms with E-state index in [1.165, 1.54) is 0 Å². The molecular formula is C20H25F13O11. The Kier molecular flexibility index (Phi) is 11.5. The van der Waals surface area contributed by atoms with Crippen LogP contribution >= 0.6 is 0 Å². The van der Waals surface area contributed by atoms with Gasteiger partial charge in [0.15, 0.2) is 12.6 Å². The number of hydrogen-bond donors (Lipinski definition) is 7. The van der Waals surface area contributed by atoms with Crippen LogP contribution in [0.15, 0.2) is 0 Å². The zero-order valence-corrected chi connectivity index (χ0v) is 21.3. The molecule has 2 heterocycles. The first-order chi connectivity index (χ1) is 19.7. The van der Waals surface area contributed by atoms with E-state index < -0.39 is 123 Å². The molecule has 262 valence electrons. The van der Waals surface area contributed by atoms with E-state index in [4.69, 9.17) is 14.2 Å². The van der Waals surface area contributed by atoms with Crippen LogP contribution in [0, 0.1) is 0 Å². The topological polar surface area (TPSA) is 179 Å². The highest BCUT2D eigenvalue weighted by atomic mass is 19.4. The minimum Gasteiger partial charge on any atom is -0.394 e. The number of aliphatic hydroxyl groups is 7. The molecule has 11 nitrogen and oxygen atoms in total. The second-order valence-corrected chi connectivity index (χ2v) is 9.63. The summed E-state index contributed by atoms with van der Waals surface area (Å²) in [4.78, 5) is 0. The molecule has 0 radical (unpaired) electrons. The number of hydrogen-bond acceptors (Lipinski definition) is 11. The predicted octanol–water partition coefficient (Wildman–Crippen LogP) is -0.244. The Bertz CT molecular complexity index is 953. The van der Waals surface area contributed by atoms with Crippen molar-refractivity contribution in [3.63, 3.8) is 0 Å². The van der Waals surface area contributed by atoms with Crippen molar-refractivity contribution in [1.29, 1.82) is 0 Å². The number of halogens is 13. The van der Waals surface area contributed by atoms with E-state index in [9.17, 15) is 92.8 Å². The first-order valence-electron chi connectivity index (χ1n) is 11.9. The van der Waals surface area contributed by atoms with Crippen LogP contribution in [0.5, 0.6) is 0 Å². The maximum absolute atomic E-state index is 14.0. The molecule has 0 aromatic heterocycles. The van der Waals surface area contributed by atoms with Crippen molar-refractivity contribution in [2.45, 2.75) is 104 Å². The average molecular weight is 688 g/mol. The summed E-state index contributed by atoms with van der Waals surface area (Å²) in [6, 6.07) is 0. The molecule has 0 aromatic carbocycles. The number of rotatable bonds is 12. The number of alkyl halides is 13. The Morgan fingerprint density at radius 3 is 1.45 bits per heavy atom. The molecule has 0 amide bonds. The lowest BCUT2D eigenvalue weighted by Gasteiger charge is -2.46. The third-order valence-corrected chi connectivity index (χ3v) is 6.66. The van der Waals surface area contributed by atoms with Gasteiger partial charge in [-0.25, -0.2) is 0 Å². The van der Waals surface area contributed by atoms with Gasteiger partial charge in [-0.05, 0) is 0 Å². The van der Waals surface area contributed by atoms with Gasteiger partial charge in [-0.3, -0.25) is 0 Å². The second-order valence-electron chi connectivity index (χ2n) is 9.63. The molecule has 0 bridgehead atoms. The first kappa shape index (κ1) is 38.8. The first-order valence-corrected chi connectivity index (χ1v) is 11.9. The molecule has 0 unspecified atom stereocenters. The van der Waals surface area contributed by atoms with Gasteiger partial charge >= 0.3 is 35.8 Å². The summed E-state index contributed by atoms with van der Waals surface area (Å²) in [5.74, 6) is -38.1. The van der Waals surface area contributed by atoms with Gasteiger partial charge in [-0.15, -0.1) is 0 Å². The highest BCUT2D eigenvalue weighted by molar-refractivity contribution is 5.10. The van der Waals surface area contributed by atoms with Crippen LogP contribution in [0.1, 0.15) is 6.42 Å². The lowest BCUT2D eigenvalue weighted by molar-refractivity contribution is -0.440. The molecule has 10 atom stereocenters. The monoisotopic (exact) mass is 688 g/mol. The third-order valence-electron chi connectivity index (χ3n) is 6.66. The van der Waals surface area contributed by atoms with Crippen LogP contribution in [-0.4, -0.2) is 153 Å². The van der Waals surface area contributed by atoms with Gasteiger partial charge in [0, 0.05) is 6.42 Å². The van der Waals surface area contributed by atoms with Crippen LogP contribution in [0.4, 0.5) is 57.1 Å². The highest BCUT2D eigenvalue weighted by Crippen LogP contribution is 2.60. The quantitative estimate of drug-likeness (QED) is 0.135. The average Bonchev–Trinajstić information content (AvgIpc) is 2.91. The van der Waals surface area contributed by atoms with Crippen molar-refractivity contribution in [2.75, 3.05) is 19.8 Å². The second kappa shape index (κ2) is 13.0. The minimum absolute atomic E-state index is 0.950. The van der Waals surface area contributed by atoms with Gasteiger partial charge < -0.3 is 54.7 Å². The van der Waals surface area contributed by atoms with E-state index in [1.807, 2.05) is 0 Å². The Hall–Kier alpha value is -1.35. The fourth-order valence-electron chi connectivity index (χ4n) is 3.96. The smallest absolute Gasteiger partial charge is 0.394 e. The van der Waals surface area contributed by atoms with Crippen molar-refractivity contribution in [2.24, 2.45) is 0 Å². The number of aliphatic hydroxyl groups excluding tert-OH is 7. The maximum Gasteiger partial charge on any atom is 0.460 e. The van der Waals surface area contributed by atoms with E-state index >= 15 is 0 Å². The molecule has 2 fully saturated rings. The van der Waals surface area contributed by atoms with Crippen LogP contribution in [-0.2, 0) is 18.9 Å². The minimum atomic E-state index is -8.09. The zero-order chi connectivity index (χ0) is 34.4. The van der Waals surface area contributed by atoms with Crippen LogP contribution in [0.25, 0.3) is 0 Å². The molecule has 24 heteroatoms. The molecule has 7 N–H and O–H groups in total. The summed E-state index contributed by atoms with van der Waals surface area (Å²) in [5.41, 5.74) is 0. The van der Waals surface area contributed by atoms with Gasteiger partial charge in [0.25, 0.3) is 0 Å². The largest absolute Gasteiger partial charge is 0.460 e. The molecule has 0 spiro atoms. The fourth-order valence-corrected chi connectivity index (χ4v) is 3.96. The van der Waals surface area contributed by atoms with E-state index in [1.54, 1.807) is 0 Å². The molecule has 2 rings (SSSR count). The molecule has 2 aliphatic rings. The summed E-state index contributed by atoms with van der Waals surface area (Å²) in [5, 5.41) is 68.8. The van der Waals surface area contributed by atoms with Gasteiger partial charge in [0.2, 0.25) is 0 Å². The van der Waals surface area contributed by atoms with E-state index in [2.05, 4.69) is 4.74 Å². The lowest BCUT2D eigenvalue weighted by atomic mass is 9.93. The van der Waals surface area contributed by atoms with Crippen LogP contribution in [0.2, 0.25) is 0 Å². The fraction of sp³-hybridized carbons (Fsp3) is 1.00. The van der Waals surface area contributed by atoms with E-state index in [0.29, 0.717) is 0 Å². The molecule has 44 heavy (non-hydrogen) atoms. The number of ether oxygens (including phenoxy) is 4. The summed E-state index contributed by atoms with van der Waals surface area (Å²) < 4.78 is 191. The standard InChI is InChI=1S/C20H25F13O11/c21-15(22,16(23,24)17(25,26)18(27,28)19(29,30)20(31,32)33)1-2-41-13-11(40)9(38)12(6(4-35)43-13)44-14-10(39)8(37)7(36)5(3-34)42-14/h5-14,34-40H,1-4H2/t5-,6-,7-,8+,9-,10-,11-,12-,13+,14-/m1/s1.